The van der Waals surface area contributed by atoms with Crippen LogP contribution in [0.3, 0.4) is 0 Å². The van der Waals surface area contributed by atoms with Crippen LogP contribution in [0.4, 0.5) is 4.39 Å². The van der Waals surface area contributed by atoms with Gasteiger partial charge in [-0.25, -0.2) is 4.39 Å². The molecule has 108 valence electrons. The number of carboxylic acids is 1. The zero-order valence-corrected chi connectivity index (χ0v) is 11.1. The third-order valence-electron chi connectivity index (χ3n) is 3.54. The Morgan fingerprint density at radius 3 is 2.60 bits per heavy atom. The van der Waals surface area contributed by atoms with E-state index in [-0.39, 0.29) is 30.0 Å². The predicted octanol–water partition coefficient (Wildman–Crippen LogP) is 2.30. The number of hydrogen-bond acceptors (Lipinski definition) is 2. The molecule has 20 heavy (non-hydrogen) atoms. The van der Waals surface area contributed by atoms with Crippen molar-refractivity contribution in [1.82, 2.24) is 5.32 Å². The number of unbranched alkanes of at least 4 members (excludes halogenated alkanes) is 1. The van der Waals surface area contributed by atoms with Gasteiger partial charge in [-0.2, -0.15) is 0 Å². The number of carbonyl (C=O) groups excluding carboxylic acids is 1. The van der Waals surface area contributed by atoms with Gasteiger partial charge in [0.25, 0.3) is 0 Å². The Bertz CT molecular complexity index is 486. The van der Waals surface area contributed by atoms with Crippen molar-refractivity contribution in [3.05, 3.63) is 35.6 Å². The Hall–Kier alpha value is -1.91. The van der Waals surface area contributed by atoms with E-state index in [2.05, 4.69) is 5.32 Å². The van der Waals surface area contributed by atoms with Crippen LogP contribution in [0.5, 0.6) is 0 Å². The largest absolute Gasteiger partial charge is 0.481 e. The third kappa shape index (κ3) is 4.05. The standard InChI is InChI=1S/C15H18FNO3/c16-11-6-4-10(5-7-11)12-9-13(12)15(20)17-8-2-1-3-14(18)19/h4-7,12-13H,1-3,8-9H2,(H,17,20)(H,18,19). The maximum absolute atomic E-state index is 12.8. The molecule has 0 spiro atoms. The number of benzene rings is 1. The first-order chi connectivity index (χ1) is 9.58. The maximum Gasteiger partial charge on any atom is 0.303 e. The lowest BCUT2D eigenvalue weighted by Crippen LogP contribution is -2.26. The lowest BCUT2D eigenvalue weighted by atomic mass is 10.1. The molecule has 0 bridgehead atoms. The summed E-state index contributed by atoms with van der Waals surface area (Å²) >= 11 is 0. The molecule has 5 heteroatoms. The van der Waals surface area contributed by atoms with Crippen molar-refractivity contribution in [2.45, 2.75) is 31.6 Å². The molecule has 1 amide bonds. The fraction of sp³-hybridized carbons (Fsp3) is 0.467. The van der Waals surface area contributed by atoms with E-state index in [1.54, 1.807) is 12.1 Å². The number of carboxylic acid groups (broad SMARTS) is 1. The summed E-state index contributed by atoms with van der Waals surface area (Å²) in [5.41, 5.74) is 0.998. The first kappa shape index (κ1) is 14.5. The molecule has 1 aromatic carbocycles. The van der Waals surface area contributed by atoms with Gasteiger partial charge in [0.05, 0.1) is 0 Å². The highest BCUT2D eigenvalue weighted by molar-refractivity contribution is 5.82. The van der Waals surface area contributed by atoms with Crippen LogP contribution >= 0.6 is 0 Å². The van der Waals surface area contributed by atoms with Gasteiger partial charge in [0.15, 0.2) is 0 Å². The first-order valence-corrected chi connectivity index (χ1v) is 6.83. The summed E-state index contributed by atoms with van der Waals surface area (Å²) in [4.78, 5) is 22.2. The monoisotopic (exact) mass is 279 g/mol. The predicted molar refractivity (Wildman–Crippen MR) is 71.7 cm³/mol. The smallest absolute Gasteiger partial charge is 0.303 e. The zero-order valence-electron chi connectivity index (χ0n) is 11.1. The van der Waals surface area contributed by atoms with Crippen LogP contribution in [0.2, 0.25) is 0 Å². The van der Waals surface area contributed by atoms with Gasteiger partial charge in [-0.05, 0) is 42.9 Å². The van der Waals surface area contributed by atoms with Crippen LogP contribution in [0.25, 0.3) is 0 Å². The fourth-order valence-corrected chi connectivity index (χ4v) is 2.31. The Labute approximate surface area is 117 Å². The van der Waals surface area contributed by atoms with Crippen LogP contribution in [-0.2, 0) is 9.59 Å². The molecule has 0 aliphatic heterocycles. The Morgan fingerprint density at radius 1 is 1.25 bits per heavy atom. The summed E-state index contributed by atoms with van der Waals surface area (Å²) in [6.45, 7) is 0.513. The zero-order chi connectivity index (χ0) is 14.5. The van der Waals surface area contributed by atoms with Crippen LogP contribution in [0.1, 0.15) is 37.2 Å². The molecule has 2 unspecified atom stereocenters. The van der Waals surface area contributed by atoms with Crippen LogP contribution in [-0.4, -0.2) is 23.5 Å². The van der Waals surface area contributed by atoms with Gasteiger partial charge in [-0.15, -0.1) is 0 Å². The third-order valence-corrected chi connectivity index (χ3v) is 3.54. The Kier molecular flexibility index (Phi) is 4.71. The van der Waals surface area contributed by atoms with Gasteiger partial charge in [0.2, 0.25) is 5.91 Å². The summed E-state index contributed by atoms with van der Waals surface area (Å²) in [7, 11) is 0. The average Bonchev–Trinajstić information content (AvgIpc) is 3.19. The summed E-state index contributed by atoms with van der Waals surface area (Å²) in [6, 6.07) is 6.27. The van der Waals surface area contributed by atoms with Gasteiger partial charge < -0.3 is 10.4 Å². The molecule has 1 aliphatic carbocycles. The number of aliphatic carboxylic acids is 1. The SMILES string of the molecule is O=C(O)CCCCNC(=O)C1CC1c1ccc(F)cc1. The maximum atomic E-state index is 12.8. The van der Waals surface area contributed by atoms with E-state index >= 15 is 0 Å². The van der Waals surface area contributed by atoms with Crippen LogP contribution in [0, 0.1) is 11.7 Å². The summed E-state index contributed by atoms with van der Waals surface area (Å²) in [5.74, 6) is -0.909. The lowest BCUT2D eigenvalue weighted by Gasteiger charge is -2.04. The molecule has 0 heterocycles. The molecular weight excluding hydrogens is 261 g/mol. The molecule has 1 aromatic rings. The Morgan fingerprint density at radius 2 is 1.95 bits per heavy atom. The van der Waals surface area contributed by atoms with Crippen molar-refractivity contribution in [2.24, 2.45) is 5.92 Å². The summed E-state index contributed by atoms with van der Waals surface area (Å²) < 4.78 is 12.8. The van der Waals surface area contributed by atoms with E-state index in [0.29, 0.717) is 19.4 Å². The van der Waals surface area contributed by atoms with E-state index in [0.717, 1.165) is 12.0 Å². The number of carbonyl (C=O) groups is 2. The lowest BCUT2D eigenvalue weighted by molar-refractivity contribution is -0.137. The van der Waals surface area contributed by atoms with Crippen LogP contribution < -0.4 is 5.32 Å². The molecule has 1 fully saturated rings. The molecule has 0 saturated heterocycles. The minimum absolute atomic E-state index is 0.00894. The van der Waals surface area contributed by atoms with Gasteiger partial charge in [-0.3, -0.25) is 9.59 Å². The second-order valence-electron chi connectivity index (χ2n) is 5.14. The van der Waals surface area contributed by atoms with Crippen molar-refractivity contribution >= 4 is 11.9 Å². The molecule has 4 nitrogen and oxygen atoms in total. The van der Waals surface area contributed by atoms with Crippen molar-refractivity contribution in [3.63, 3.8) is 0 Å². The highest BCUT2D eigenvalue weighted by Crippen LogP contribution is 2.47. The average molecular weight is 279 g/mol. The quantitative estimate of drug-likeness (QED) is 0.753. The van der Waals surface area contributed by atoms with Crippen molar-refractivity contribution < 1.29 is 19.1 Å². The minimum atomic E-state index is -0.810. The molecule has 1 aliphatic rings. The number of nitrogens with one attached hydrogen (secondary N) is 1. The molecule has 0 aromatic heterocycles. The van der Waals surface area contributed by atoms with Crippen molar-refractivity contribution in [2.75, 3.05) is 6.54 Å². The van der Waals surface area contributed by atoms with Gasteiger partial charge in [-0.1, -0.05) is 12.1 Å². The van der Waals surface area contributed by atoms with Gasteiger partial charge in [0.1, 0.15) is 5.82 Å². The molecule has 2 N–H and O–H groups in total. The van der Waals surface area contributed by atoms with Gasteiger partial charge >= 0.3 is 5.97 Å². The number of hydrogen-bond donors (Lipinski definition) is 2. The normalized spacial score (nSPS) is 20.4. The molecule has 2 rings (SSSR count). The van der Waals surface area contributed by atoms with E-state index in [4.69, 9.17) is 5.11 Å². The second-order valence-corrected chi connectivity index (χ2v) is 5.14. The number of rotatable bonds is 7. The van der Waals surface area contributed by atoms with Gasteiger partial charge in [0, 0.05) is 18.9 Å². The first-order valence-electron chi connectivity index (χ1n) is 6.83. The number of halogens is 1. The molecule has 0 radical (unpaired) electrons. The molecule has 2 atom stereocenters. The number of amides is 1. The Balaban J connectivity index is 1.68. The molecular formula is C15H18FNO3. The summed E-state index contributed by atoms with van der Waals surface area (Å²) in [6.07, 6.45) is 2.18. The van der Waals surface area contributed by atoms with E-state index in [1.165, 1.54) is 12.1 Å². The van der Waals surface area contributed by atoms with Crippen molar-refractivity contribution in [1.29, 1.82) is 0 Å². The summed E-state index contributed by atoms with van der Waals surface area (Å²) in [5, 5.41) is 11.3. The minimum Gasteiger partial charge on any atom is -0.481 e. The topological polar surface area (TPSA) is 66.4 Å². The van der Waals surface area contributed by atoms with E-state index in [9.17, 15) is 14.0 Å². The highest BCUT2D eigenvalue weighted by atomic mass is 19.1. The van der Waals surface area contributed by atoms with Crippen LogP contribution in [0.15, 0.2) is 24.3 Å². The van der Waals surface area contributed by atoms with E-state index in [1.807, 2.05) is 0 Å². The van der Waals surface area contributed by atoms with E-state index < -0.39 is 5.97 Å². The second kappa shape index (κ2) is 6.50. The fourth-order valence-electron chi connectivity index (χ4n) is 2.31. The highest BCUT2D eigenvalue weighted by Gasteiger charge is 2.43. The van der Waals surface area contributed by atoms with Crippen molar-refractivity contribution in [3.8, 4) is 0 Å². The molecule has 1 saturated carbocycles.